The van der Waals surface area contributed by atoms with Gasteiger partial charge in [0.05, 0.1) is 5.25 Å². The van der Waals surface area contributed by atoms with E-state index < -0.39 is 0 Å². The first-order valence-electron chi connectivity index (χ1n) is 6.97. The first kappa shape index (κ1) is 13.2. The molecule has 3 rings (SSSR count). The number of nitrogens with one attached hydrogen (secondary N) is 1. The highest BCUT2D eigenvalue weighted by molar-refractivity contribution is 8.15. The molecule has 2 bridgehead atoms. The largest absolute Gasteiger partial charge is 0.303 e. The Morgan fingerprint density at radius 1 is 1.32 bits per heavy atom. The minimum atomic E-state index is -0.0500. The number of carbonyl (C=O) groups excluding carboxylic acids is 1. The number of amidine groups is 1. The molecule has 19 heavy (non-hydrogen) atoms. The van der Waals surface area contributed by atoms with Crippen LogP contribution < -0.4 is 5.32 Å². The van der Waals surface area contributed by atoms with Crippen molar-refractivity contribution in [2.75, 3.05) is 0 Å². The minimum absolute atomic E-state index is 0.0310. The van der Waals surface area contributed by atoms with E-state index in [-0.39, 0.29) is 16.6 Å². The van der Waals surface area contributed by atoms with Crippen LogP contribution in [0.3, 0.4) is 0 Å². The maximum absolute atomic E-state index is 11.4. The van der Waals surface area contributed by atoms with Gasteiger partial charge in [0.15, 0.2) is 5.17 Å². The average Bonchev–Trinajstić information content (AvgIpc) is 2.84. The van der Waals surface area contributed by atoms with Gasteiger partial charge in [0, 0.05) is 11.1 Å². The van der Waals surface area contributed by atoms with Crippen LogP contribution in [0.4, 0.5) is 0 Å². The van der Waals surface area contributed by atoms with Gasteiger partial charge in [-0.2, -0.15) is 5.10 Å². The van der Waals surface area contributed by atoms with E-state index >= 15 is 0 Å². The Morgan fingerprint density at radius 3 is 2.53 bits per heavy atom. The average molecular weight is 279 g/mol. The number of amides is 1. The molecule has 1 N–H and O–H groups in total. The van der Waals surface area contributed by atoms with E-state index in [1.807, 2.05) is 6.92 Å². The highest BCUT2D eigenvalue weighted by Crippen LogP contribution is 2.64. The first-order chi connectivity index (χ1) is 8.84. The van der Waals surface area contributed by atoms with Crippen LogP contribution in [0.1, 0.15) is 47.0 Å². The molecule has 3 fully saturated rings. The van der Waals surface area contributed by atoms with Crippen molar-refractivity contribution < 1.29 is 4.79 Å². The van der Waals surface area contributed by atoms with Crippen LogP contribution >= 0.6 is 11.8 Å². The van der Waals surface area contributed by atoms with Crippen LogP contribution in [0.5, 0.6) is 0 Å². The molecule has 3 unspecified atom stereocenters. The van der Waals surface area contributed by atoms with Crippen molar-refractivity contribution in [2.45, 2.75) is 52.2 Å². The predicted octanol–water partition coefficient (Wildman–Crippen LogP) is 2.80. The second-order valence-electron chi connectivity index (χ2n) is 6.69. The summed E-state index contributed by atoms with van der Waals surface area (Å²) in [5, 5.41) is 12.1. The van der Waals surface area contributed by atoms with Gasteiger partial charge in [0.25, 0.3) is 0 Å². The Hall–Kier alpha value is -0.840. The molecule has 0 aromatic rings. The van der Waals surface area contributed by atoms with Crippen LogP contribution in [0.25, 0.3) is 0 Å². The third-order valence-electron chi connectivity index (χ3n) is 5.66. The molecule has 0 spiro atoms. The predicted molar refractivity (Wildman–Crippen MR) is 79.3 cm³/mol. The fourth-order valence-corrected chi connectivity index (χ4v) is 4.44. The van der Waals surface area contributed by atoms with Gasteiger partial charge in [-0.05, 0) is 37.5 Å². The molecule has 0 aromatic carbocycles. The van der Waals surface area contributed by atoms with E-state index in [0.717, 1.165) is 12.3 Å². The summed E-state index contributed by atoms with van der Waals surface area (Å²) >= 11 is 1.46. The van der Waals surface area contributed by atoms with E-state index in [0.29, 0.717) is 10.6 Å². The van der Waals surface area contributed by atoms with Gasteiger partial charge in [-0.25, -0.2) is 0 Å². The lowest BCUT2D eigenvalue weighted by molar-refractivity contribution is -0.118. The van der Waals surface area contributed by atoms with E-state index in [2.05, 4.69) is 36.3 Å². The molecule has 2 saturated carbocycles. The molecule has 3 aliphatic rings. The highest BCUT2D eigenvalue weighted by Gasteiger charge is 2.60. The second kappa shape index (κ2) is 4.08. The summed E-state index contributed by atoms with van der Waals surface area (Å²) in [4.78, 5) is 11.4. The van der Waals surface area contributed by atoms with E-state index in [4.69, 9.17) is 0 Å². The SMILES string of the molecule is CC1S/C(=N/N=C2CC3CCC2(C)C3(C)C)NC1=O. The minimum Gasteiger partial charge on any atom is -0.303 e. The zero-order valence-corrected chi connectivity index (χ0v) is 12.8. The Balaban J connectivity index is 1.84. The maximum atomic E-state index is 11.4. The molecular formula is C14H21N3OS. The van der Waals surface area contributed by atoms with E-state index in [9.17, 15) is 4.79 Å². The van der Waals surface area contributed by atoms with Gasteiger partial charge in [0.1, 0.15) is 0 Å². The molecule has 1 saturated heterocycles. The number of rotatable bonds is 1. The smallest absolute Gasteiger partial charge is 0.239 e. The lowest BCUT2D eigenvalue weighted by Gasteiger charge is -2.34. The summed E-state index contributed by atoms with van der Waals surface area (Å²) in [6.07, 6.45) is 3.58. The van der Waals surface area contributed by atoms with E-state index in [1.165, 1.54) is 30.3 Å². The molecule has 4 nitrogen and oxygen atoms in total. The van der Waals surface area contributed by atoms with Crippen molar-refractivity contribution in [3.8, 4) is 0 Å². The number of hydrogen-bond acceptors (Lipinski definition) is 4. The summed E-state index contributed by atoms with van der Waals surface area (Å²) < 4.78 is 0. The summed E-state index contributed by atoms with van der Waals surface area (Å²) in [6.45, 7) is 8.92. The van der Waals surface area contributed by atoms with Gasteiger partial charge >= 0.3 is 0 Å². The van der Waals surface area contributed by atoms with Gasteiger partial charge in [0.2, 0.25) is 5.91 Å². The van der Waals surface area contributed by atoms with Crippen molar-refractivity contribution in [1.82, 2.24) is 5.32 Å². The van der Waals surface area contributed by atoms with Gasteiger partial charge in [-0.3, -0.25) is 4.79 Å². The second-order valence-corrected chi connectivity index (χ2v) is 8.02. The Labute approximate surface area is 118 Å². The quantitative estimate of drug-likeness (QED) is 0.750. The summed E-state index contributed by atoms with van der Waals surface area (Å²) in [6, 6.07) is 0. The molecule has 0 aromatic heterocycles. The molecule has 1 heterocycles. The van der Waals surface area contributed by atoms with Crippen LogP contribution in [0.2, 0.25) is 0 Å². The standard InChI is InChI=1S/C14H21N3OS/c1-8-11(18)15-12(19-8)17-16-10-7-9-5-6-14(10,4)13(9,2)3/h8-9H,5-7H2,1-4H3,(H,15,17,18). The highest BCUT2D eigenvalue weighted by atomic mass is 32.2. The van der Waals surface area contributed by atoms with Crippen LogP contribution in [0.15, 0.2) is 10.2 Å². The van der Waals surface area contributed by atoms with Crippen molar-refractivity contribution in [1.29, 1.82) is 0 Å². The van der Waals surface area contributed by atoms with Crippen LogP contribution in [0, 0.1) is 16.7 Å². The molecule has 5 heteroatoms. The molecule has 104 valence electrons. The first-order valence-corrected chi connectivity index (χ1v) is 7.85. The number of carbonyl (C=O) groups is 1. The molecular weight excluding hydrogens is 258 g/mol. The van der Waals surface area contributed by atoms with Gasteiger partial charge in [-0.1, -0.05) is 32.5 Å². The summed E-state index contributed by atoms with van der Waals surface area (Å²) in [5.74, 6) is 0.768. The van der Waals surface area contributed by atoms with Gasteiger partial charge in [-0.15, -0.1) is 5.10 Å². The fourth-order valence-electron chi connectivity index (χ4n) is 3.69. The van der Waals surface area contributed by atoms with Crippen molar-refractivity contribution in [3.05, 3.63) is 0 Å². The van der Waals surface area contributed by atoms with Crippen LogP contribution in [-0.2, 0) is 4.79 Å². The monoisotopic (exact) mass is 279 g/mol. The van der Waals surface area contributed by atoms with Crippen molar-refractivity contribution >= 4 is 28.5 Å². The zero-order chi connectivity index (χ0) is 13.8. The van der Waals surface area contributed by atoms with Crippen LogP contribution in [-0.4, -0.2) is 22.0 Å². The molecule has 1 amide bonds. The zero-order valence-electron chi connectivity index (χ0n) is 12.0. The third kappa shape index (κ3) is 1.77. The number of fused-ring (bicyclic) bond motifs is 2. The Bertz CT molecular complexity index is 497. The maximum Gasteiger partial charge on any atom is 0.239 e. The van der Waals surface area contributed by atoms with Gasteiger partial charge < -0.3 is 5.32 Å². The molecule has 3 atom stereocenters. The Morgan fingerprint density at radius 2 is 2.05 bits per heavy atom. The topological polar surface area (TPSA) is 53.8 Å². The number of thioether (sulfide) groups is 1. The molecule has 2 aliphatic carbocycles. The summed E-state index contributed by atoms with van der Waals surface area (Å²) in [5.41, 5.74) is 1.72. The Kier molecular flexibility index (Phi) is 2.82. The lowest BCUT2D eigenvalue weighted by Crippen LogP contribution is -2.32. The molecule has 1 aliphatic heterocycles. The fraction of sp³-hybridized carbons (Fsp3) is 0.786. The third-order valence-corrected chi connectivity index (χ3v) is 6.64. The molecule has 0 radical (unpaired) electrons. The van der Waals surface area contributed by atoms with E-state index in [1.54, 1.807) is 0 Å². The normalized spacial score (nSPS) is 44.3. The number of hydrogen-bond donors (Lipinski definition) is 1. The summed E-state index contributed by atoms with van der Waals surface area (Å²) in [7, 11) is 0. The van der Waals surface area contributed by atoms with Crippen molar-refractivity contribution in [3.63, 3.8) is 0 Å². The lowest BCUT2D eigenvalue weighted by atomic mass is 9.70. The van der Waals surface area contributed by atoms with Crippen molar-refractivity contribution in [2.24, 2.45) is 27.0 Å². The number of nitrogens with zero attached hydrogens (tertiary/aromatic N) is 2.